The molecule has 15 nitrogen and oxygen atoms in total. The van der Waals surface area contributed by atoms with Crippen LogP contribution in [0.5, 0.6) is 0 Å². The molecule has 0 aromatic heterocycles. The number of hydrogen-bond acceptors (Lipinski definition) is 10. The molecule has 0 saturated heterocycles. The molecule has 0 bridgehead atoms. The van der Waals surface area contributed by atoms with Gasteiger partial charge in [-0.15, -0.1) is 0 Å². The topological polar surface area (TPSA) is 167 Å². The highest BCUT2D eigenvalue weighted by Gasteiger charge is 2.13. The SMILES string of the molecule is CCCCCCCCCCCCCCCC[N+](C)(C)C.CCCCCCCCCCCCCCCC[N+](C)(C)C.CCCCCCCCCCCCCCCC[N+](C)(C)C.CCCCCCCCCCCCCCCC[N+](C)(C)C.CCCCCCCCCCCCCCCC[N+](C)(C)C.O=C([O-])CN(CCN(CC(=O)[O-])CC(=O)[O-])CC(=O)[O-].[Br-]. The standard InChI is InChI=1S/5C19H42N.C10H16N2O8.BrH/c5*1-5-6-7-8-9-10-11-12-13-14-15-16-17-18-19-20(2,3)4;13-7(14)3-11(4-8(15)16)1-2-12(5-9(17)18)6-10(19)20;/h5*5-19H2,1-4H3;1-6H2,(H,13,14)(H,15,16)(H,17,18)(H,19,20);1H/q5*+1;;/p-5. The quantitative estimate of drug-likeness (QED) is 0.0422. The van der Waals surface area contributed by atoms with Crippen molar-refractivity contribution < 1.29 is 79.0 Å². The van der Waals surface area contributed by atoms with Crippen LogP contribution in [0.25, 0.3) is 0 Å². The first-order valence-electron chi connectivity index (χ1n) is 52.3. The van der Waals surface area contributed by atoms with Gasteiger partial charge >= 0.3 is 0 Å². The molecule has 121 heavy (non-hydrogen) atoms. The number of halogens is 1. The van der Waals surface area contributed by atoms with Gasteiger partial charge in [-0.3, -0.25) is 9.80 Å². The predicted octanol–water partition coefficient (Wildman–Crippen LogP) is 20.5. The molecule has 0 N–H and O–H groups in total. The molecule has 732 valence electrons. The van der Waals surface area contributed by atoms with E-state index in [9.17, 15) is 39.6 Å². The number of carboxylic acids is 4. The molecule has 0 saturated carbocycles. The Morgan fingerprint density at radius 3 is 0.322 bits per heavy atom. The maximum Gasteiger partial charge on any atom is 0.0780 e. The number of carbonyl (C=O) groups is 4. The maximum absolute atomic E-state index is 10.4. The van der Waals surface area contributed by atoms with Gasteiger partial charge in [-0.1, -0.05) is 420 Å². The van der Waals surface area contributed by atoms with E-state index in [1.807, 2.05) is 0 Å². The van der Waals surface area contributed by atoms with Gasteiger partial charge in [0.2, 0.25) is 0 Å². The van der Waals surface area contributed by atoms with Gasteiger partial charge in [0.1, 0.15) is 0 Å². The zero-order chi connectivity index (χ0) is 91.2. The molecular weight excluding hydrogens is 1570 g/mol. The summed E-state index contributed by atoms with van der Waals surface area (Å²) in [6.45, 7) is 14.9. The Morgan fingerprint density at radius 1 is 0.165 bits per heavy atom. The minimum atomic E-state index is -1.53. The largest absolute Gasteiger partial charge is 1.00 e. The summed E-state index contributed by atoms with van der Waals surface area (Å²) < 4.78 is 5.62. The van der Waals surface area contributed by atoms with E-state index in [4.69, 9.17) is 0 Å². The second kappa shape index (κ2) is 100. The van der Waals surface area contributed by atoms with E-state index < -0.39 is 50.1 Å². The van der Waals surface area contributed by atoms with Crippen LogP contribution in [0.4, 0.5) is 0 Å². The van der Waals surface area contributed by atoms with Gasteiger partial charge in [-0.2, -0.15) is 0 Å². The molecule has 0 spiro atoms. The van der Waals surface area contributed by atoms with Crippen LogP contribution in [0.3, 0.4) is 0 Å². The van der Waals surface area contributed by atoms with Crippen LogP contribution in [0, 0.1) is 0 Å². The Bertz CT molecular complexity index is 1730. The maximum atomic E-state index is 10.4. The van der Waals surface area contributed by atoms with Crippen LogP contribution in [0.2, 0.25) is 0 Å². The Kier molecular flexibility index (Phi) is 109. The molecule has 0 aliphatic rings. The molecule has 0 radical (unpaired) electrons. The molecule has 0 rings (SSSR count). The molecule has 16 heteroatoms. The zero-order valence-corrected chi connectivity index (χ0v) is 87.6. The van der Waals surface area contributed by atoms with Gasteiger partial charge in [0.15, 0.2) is 0 Å². The van der Waals surface area contributed by atoms with Crippen molar-refractivity contribution in [1.29, 1.82) is 0 Å². The summed E-state index contributed by atoms with van der Waals surface area (Å²) in [4.78, 5) is 43.4. The van der Waals surface area contributed by atoms with Crippen LogP contribution in [-0.4, -0.2) is 234 Å². The lowest BCUT2D eigenvalue weighted by atomic mass is 10.0. The minimum Gasteiger partial charge on any atom is -1.00 e. The van der Waals surface area contributed by atoms with Gasteiger partial charge in [-0.25, -0.2) is 0 Å². The fourth-order valence-corrected chi connectivity index (χ4v) is 15.3. The van der Waals surface area contributed by atoms with Gasteiger partial charge in [0.25, 0.3) is 0 Å². The Morgan fingerprint density at radius 2 is 0.248 bits per heavy atom. The Hall–Kier alpha value is -1.92. The summed E-state index contributed by atoms with van der Waals surface area (Å²) in [6, 6.07) is 0. The summed E-state index contributed by atoms with van der Waals surface area (Å²) in [5.41, 5.74) is 0. The first kappa shape index (κ1) is 132. The van der Waals surface area contributed by atoms with E-state index in [2.05, 4.69) is 140 Å². The number of quaternary nitrogens is 5. The van der Waals surface area contributed by atoms with Crippen molar-refractivity contribution in [2.75, 3.05) is 178 Å². The summed E-state index contributed by atoms with van der Waals surface area (Å²) >= 11 is 0. The van der Waals surface area contributed by atoms with Crippen molar-refractivity contribution in [3.8, 4) is 0 Å². The average molecular weight is 1790 g/mol. The van der Waals surface area contributed by atoms with E-state index in [1.54, 1.807) is 0 Å². The lowest BCUT2D eigenvalue weighted by Crippen LogP contribution is -3.00. The lowest BCUT2D eigenvalue weighted by Gasteiger charge is -2.28. The smallest absolute Gasteiger partial charge is 0.0780 e. The van der Waals surface area contributed by atoms with Crippen molar-refractivity contribution in [3.05, 3.63) is 0 Å². The first-order chi connectivity index (χ1) is 57.0. The van der Waals surface area contributed by atoms with E-state index in [-0.39, 0.29) is 30.1 Å². The zero-order valence-electron chi connectivity index (χ0n) is 86.1. The third-order valence-corrected chi connectivity index (χ3v) is 23.1. The third kappa shape index (κ3) is 147. The van der Waals surface area contributed by atoms with Gasteiger partial charge < -0.3 is 79.0 Å². The number of rotatable bonds is 86. The molecule has 0 atom stereocenters. The molecule has 0 fully saturated rings. The number of carbonyl (C=O) groups excluding carboxylic acids is 4. The fourth-order valence-electron chi connectivity index (χ4n) is 15.3. The van der Waals surface area contributed by atoms with Crippen LogP contribution < -0.4 is 37.4 Å². The van der Waals surface area contributed by atoms with E-state index >= 15 is 0 Å². The number of unbranched alkanes of at least 4 members (excludes halogenated alkanes) is 65. The highest BCUT2D eigenvalue weighted by Crippen LogP contribution is 2.20. The lowest BCUT2D eigenvalue weighted by molar-refractivity contribution is -0.870. The van der Waals surface area contributed by atoms with Crippen molar-refractivity contribution >= 4 is 23.9 Å². The molecule has 0 aliphatic heterocycles. The normalized spacial score (nSPS) is 11.7. The van der Waals surface area contributed by atoms with E-state index in [1.165, 1.54) is 482 Å². The van der Waals surface area contributed by atoms with Gasteiger partial charge in [-0.05, 0) is 64.2 Å². The molecule has 0 aromatic carbocycles. The monoisotopic (exact) mass is 1790 g/mol. The molecule has 0 unspecified atom stereocenters. The second-order valence-electron chi connectivity index (χ2n) is 42.0. The summed E-state index contributed by atoms with van der Waals surface area (Å²) in [7, 11) is 34.4. The summed E-state index contributed by atoms with van der Waals surface area (Å²) in [5.74, 6) is -6.12. The first-order valence-corrected chi connectivity index (χ1v) is 52.3. The molecule has 0 aromatic rings. The molecule has 0 aliphatic carbocycles. The number of hydrogen-bond donors (Lipinski definition) is 0. The van der Waals surface area contributed by atoms with Crippen molar-refractivity contribution in [1.82, 2.24) is 9.80 Å². The molecular formula is C105H222BrN7O8. The Labute approximate surface area is 769 Å². The molecule has 0 heterocycles. The summed E-state index contributed by atoms with van der Waals surface area (Å²) in [6.07, 6.45) is 102. The molecule has 0 amide bonds. The van der Waals surface area contributed by atoms with E-state index in [0.717, 1.165) is 32.2 Å². The Balaban J connectivity index is -0.000000257. The number of aliphatic carboxylic acids is 4. The highest BCUT2D eigenvalue weighted by molar-refractivity contribution is 5.71. The number of nitrogens with zero attached hydrogens (tertiary/aromatic N) is 7. The second-order valence-corrected chi connectivity index (χ2v) is 42.0. The van der Waals surface area contributed by atoms with Gasteiger partial charge in [0.05, 0.1) is 162 Å². The van der Waals surface area contributed by atoms with Crippen LogP contribution in [0.15, 0.2) is 0 Å². The van der Waals surface area contributed by atoms with Crippen molar-refractivity contribution in [2.24, 2.45) is 0 Å². The average Bonchev–Trinajstić information content (AvgIpc) is 0.927. The fraction of sp³-hybridized carbons (Fsp3) is 0.962. The minimum absolute atomic E-state index is 0. The number of carboxylic acid groups (broad SMARTS) is 4. The summed E-state index contributed by atoms with van der Waals surface area (Å²) in [5, 5.41) is 41.6. The van der Waals surface area contributed by atoms with E-state index in [0.29, 0.717) is 0 Å². The van der Waals surface area contributed by atoms with Crippen LogP contribution in [-0.2, 0) is 19.2 Å². The van der Waals surface area contributed by atoms with Gasteiger partial charge in [0, 0.05) is 39.3 Å². The predicted molar refractivity (Wildman–Crippen MR) is 519 cm³/mol. The van der Waals surface area contributed by atoms with Crippen molar-refractivity contribution in [3.63, 3.8) is 0 Å². The highest BCUT2D eigenvalue weighted by atomic mass is 79.9. The van der Waals surface area contributed by atoms with Crippen molar-refractivity contribution in [2.45, 2.75) is 484 Å². The third-order valence-electron chi connectivity index (χ3n) is 23.1. The van der Waals surface area contributed by atoms with Crippen LogP contribution >= 0.6 is 0 Å². The van der Waals surface area contributed by atoms with Crippen LogP contribution in [0.1, 0.15) is 484 Å².